The van der Waals surface area contributed by atoms with Crippen molar-refractivity contribution in [1.82, 2.24) is 10.3 Å². The van der Waals surface area contributed by atoms with Crippen molar-refractivity contribution in [2.24, 2.45) is 0 Å². The molecule has 2 rings (SSSR count). The molecule has 110 valence electrons. The first-order valence-electron chi connectivity index (χ1n) is 6.42. The lowest BCUT2D eigenvalue weighted by molar-refractivity contribution is -0.146. The molecule has 2 atom stereocenters. The van der Waals surface area contributed by atoms with Crippen molar-refractivity contribution in [2.75, 3.05) is 19.9 Å². The van der Waals surface area contributed by atoms with Gasteiger partial charge in [-0.2, -0.15) is 4.39 Å². The van der Waals surface area contributed by atoms with Crippen molar-refractivity contribution in [3.8, 4) is 0 Å². The second kappa shape index (κ2) is 7.10. The minimum Gasteiger partial charge on any atom is -0.465 e. The number of hydrogen-bond acceptors (Lipinski definition) is 5. The number of aromatic nitrogens is 1. The molecule has 0 radical (unpaired) electrons. The van der Waals surface area contributed by atoms with Crippen LogP contribution in [0.5, 0.6) is 0 Å². The van der Waals surface area contributed by atoms with Crippen LogP contribution in [0.2, 0.25) is 0 Å². The van der Waals surface area contributed by atoms with Crippen LogP contribution in [0, 0.1) is 5.95 Å². The van der Waals surface area contributed by atoms with Crippen molar-refractivity contribution < 1.29 is 18.7 Å². The molecule has 1 N–H and O–H groups in total. The third-order valence-electron chi connectivity index (χ3n) is 3.15. The number of pyridine rings is 1. The molecule has 1 saturated heterocycles. The Hall–Kier alpha value is -1.05. The summed E-state index contributed by atoms with van der Waals surface area (Å²) in [6.07, 6.45) is 1.91. The monoisotopic (exact) mass is 346 g/mol. The van der Waals surface area contributed by atoms with Crippen LogP contribution in [0.3, 0.4) is 0 Å². The Morgan fingerprint density at radius 1 is 1.70 bits per heavy atom. The number of hydrogen-bond donors (Lipinski definition) is 1. The molecule has 7 heteroatoms. The van der Waals surface area contributed by atoms with Crippen LogP contribution in [0.1, 0.15) is 24.8 Å². The SMILES string of the molecule is CCOC(=O)C1NCOCCC1c1cc(Br)cnc1F. The Kier molecular flexibility index (Phi) is 5.45. The topological polar surface area (TPSA) is 60.5 Å². The van der Waals surface area contributed by atoms with Crippen molar-refractivity contribution in [2.45, 2.75) is 25.3 Å². The van der Waals surface area contributed by atoms with Gasteiger partial charge in [0.1, 0.15) is 6.04 Å². The zero-order valence-corrected chi connectivity index (χ0v) is 12.7. The lowest BCUT2D eigenvalue weighted by atomic mass is 9.89. The van der Waals surface area contributed by atoms with Gasteiger partial charge in [0.2, 0.25) is 5.95 Å². The van der Waals surface area contributed by atoms with E-state index in [0.29, 0.717) is 23.1 Å². The summed E-state index contributed by atoms with van der Waals surface area (Å²) >= 11 is 3.27. The quantitative estimate of drug-likeness (QED) is 0.669. The average Bonchev–Trinajstić information content (AvgIpc) is 2.67. The minimum absolute atomic E-state index is 0.239. The molecule has 20 heavy (non-hydrogen) atoms. The van der Waals surface area contributed by atoms with Crippen LogP contribution in [-0.2, 0) is 14.3 Å². The van der Waals surface area contributed by atoms with Crippen LogP contribution in [-0.4, -0.2) is 36.9 Å². The Morgan fingerprint density at radius 3 is 3.25 bits per heavy atom. The van der Waals surface area contributed by atoms with E-state index in [9.17, 15) is 9.18 Å². The zero-order valence-electron chi connectivity index (χ0n) is 11.1. The number of esters is 1. The molecule has 5 nitrogen and oxygen atoms in total. The number of rotatable bonds is 3. The summed E-state index contributed by atoms with van der Waals surface area (Å²) in [5.74, 6) is -1.35. The summed E-state index contributed by atoms with van der Waals surface area (Å²) in [6.45, 7) is 2.70. The maximum atomic E-state index is 14.0. The maximum absolute atomic E-state index is 14.0. The van der Waals surface area contributed by atoms with Crippen LogP contribution in [0.15, 0.2) is 16.7 Å². The third-order valence-corrected chi connectivity index (χ3v) is 3.59. The molecule has 0 aromatic carbocycles. The van der Waals surface area contributed by atoms with E-state index >= 15 is 0 Å². The van der Waals surface area contributed by atoms with Gasteiger partial charge in [-0.3, -0.25) is 10.1 Å². The van der Waals surface area contributed by atoms with Crippen LogP contribution < -0.4 is 5.32 Å². The number of nitrogens with one attached hydrogen (secondary N) is 1. The van der Waals surface area contributed by atoms with Crippen molar-refractivity contribution in [3.05, 3.63) is 28.2 Å². The highest BCUT2D eigenvalue weighted by Gasteiger charge is 2.34. The summed E-state index contributed by atoms with van der Waals surface area (Å²) in [7, 11) is 0. The van der Waals surface area contributed by atoms with Crippen LogP contribution in [0.25, 0.3) is 0 Å². The molecule has 1 aromatic heterocycles. The highest BCUT2D eigenvalue weighted by Crippen LogP contribution is 2.29. The van der Waals surface area contributed by atoms with E-state index in [4.69, 9.17) is 9.47 Å². The van der Waals surface area contributed by atoms with Gasteiger partial charge in [0.15, 0.2) is 0 Å². The largest absolute Gasteiger partial charge is 0.465 e. The molecule has 2 unspecified atom stereocenters. The Labute approximate surface area is 125 Å². The van der Waals surface area contributed by atoms with Crippen LogP contribution in [0.4, 0.5) is 4.39 Å². The lowest BCUT2D eigenvalue weighted by Gasteiger charge is -2.23. The fourth-order valence-electron chi connectivity index (χ4n) is 2.25. The average molecular weight is 347 g/mol. The minimum atomic E-state index is -0.636. The molecule has 0 amide bonds. The first kappa shape index (κ1) is 15.3. The van der Waals surface area contributed by atoms with Crippen molar-refractivity contribution in [1.29, 1.82) is 0 Å². The second-order valence-corrected chi connectivity index (χ2v) is 5.33. The molecule has 0 spiro atoms. The van der Waals surface area contributed by atoms with Crippen LogP contribution >= 0.6 is 15.9 Å². The van der Waals surface area contributed by atoms with E-state index in [1.165, 1.54) is 6.20 Å². The first-order valence-corrected chi connectivity index (χ1v) is 7.21. The molecule has 1 fully saturated rings. The number of halogens is 2. The van der Waals surface area contributed by atoms with Crippen molar-refractivity contribution >= 4 is 21.9 Å². The standard InChI is InChI=1S/C13H16BrFN2O3/c1-2-20-13(18)11-9(3-4-19-7-17-11)10-5-8(14)6-16-12(10)15/h5-6,9,11,17H,2-4,7H2,1H3. The van der Waals surface area contributed by atoms with E-state index in [1.807, 2.05) is 0 Å². The molecule has 2 heterocycles. The zero-order chi connectivity index (χ0) is 14.5. The van der Waals surface area contributed by atoms with Gasteiger partial charge in [-0.05, 0) is 35.3 Å². The number of ether oxygens (including phenoxy) is 2. The fourth-order valence-corrected chi connectivity index (χ4v) is 2.60. The predicted octanol–water partition coefficient (Wildman–Crippen LogP) is 1.97. The van der Waals surface area contributed by atoms with E-state index in [0.717, 1.165) is 0 Å². The van der Waals surface area contributed by atoms with Gasteiger partial charge in [-0.1, -0.05) is 0 Å². The van der Waals surface area contributed by atoms with Gasteiger partial charge in [0, 0.05) is 28.8 Å². The van der Waals surface area contributed by atoms with E-state index in [-0.39, 0.29) is 19.3 Å². The predicted molar refractivity (Wildman–Crippen MR) is 73.6 cm³/mol. The molecule has 1 aromatic rings. The molecule has 0 saturated carbocycles. The third kappa shape index (κ3) is 3.53. The van der Waals surface area contributed by atoms with Gasteiger partial charge in [-0.15, -0.1) is 0 Å². The summed E-state index contributed by atoms with van der Waals surface area (Å²) in [6, 6.07) is 1.01. The summed E-state index contributed by atoms with van der Waals surface area (Å²) in [5.41, 5.74) is 0.385. The van der Waals surface area contributed by atoms with E-state index < -0.39 is 18.0 Å². The van der Waals surface area contributed by atoms with Gasteiger partial charge in [0.05, 0.1) is 13.3 Å². The summed E-state index contributed by atoms with van der Waals surface area (Å²) in [5, 5.41) is 2.95. The van der Waals surface area contributed by atoms with E-state index in [1.54, 1.807) is 13.0 Å². The van der Waals surface area contributed by atoms with Gasteiger partial charge in [0.25, 0.3) is 0 Å². The number of carbonyl (C=O) groups is 1. The molecule has 1 aliphatic heterocycles. The Morgan fingerprint density at radius 2 is 2.50 bits per heavy atom. The van der Waals surface area contributed by atoms with Gasteiger partial charge in [-0.25, -0.2) is 4.98 Å². The normalized spacial score (nSPS) is 23.1. The van der Waals surface area contributed by atoms with Crippen molar-refractivity contribution in [3.63, 3.8) is 0 Å². The lowest BCUT2D eigenvalue weighted by Crippen LogP contribution is -2.42. The highest BCUT2D eigenvalue weighted by atomic mass is 79.9. The summed E-state index contributed by atoms with van der Waals surface area (Å²) in [4.78, 5) is 15.7. The van der Waals surface area contributed by atoms with E-state index in [2.05, 4.69) is 26.2 Å². The molecular weight excluding hydrogens is 331 g/mol. The highest BCUT2D eigenvalue weighted by molar-refractivity contribution is 9.10. The first-order chi connectivity index (χ1) is 9.63. The molecule has 1 aliphatic rings. The second-order valence-electron chi connectivity index (χ2n) is 4.42. The number of nitrogens with zero attached hydrogens (tertiary/aromatic N) is 1. The maximum Gasteiger partial charge on any atom is 0.323 e. The molecular formula is C13H16BrFN2O3. The number of carbonyl (C=O) groups excluding carboxylic acids is 1. The molecule has 0 aliphatic carbocycles. The Balaban J connectivity index is 2.32. The summed E-state index contributed by atoms with van der Waals surface area (Å²) < 4.78 is 25.0. The molecule has 0 bridgehead atoms. The Bertz CT molecular complexity index is 487. The fraction of sp³-hybridized carbons (Fsp3) is 0.538. The smallest absolute Gasteiger partial charge is 0.323 e. The van der Waals surface area contributed by atoms with Gasteiger partial charge < -0.3 is 9.47 Å². The van der Waals surface area contributed by atoms with Gasteiger partial charge >= 0.3 is 5.97 Å².